The standard InChI is InChI=1S/C12H15BN2O/c13-10-3-1-8(2-4-10)9-5-6-12(15,7-9)11(14)16/h1-4,9H,5-7,15H2,(H2,14,16)/t9-,12-/m0/s1. The van der Waals surface area contributed by atoms with Crippen LogP contribution in [0.1, 0.15) is 30.7 Å². The molecule has 0 bridgehead atoms. The summed E-state index contributed by atoms with van der Waals surface area (Å²) >= 11 is 0. The first kappa shape index (κ1) is 11.2. The summed E-state index contributed by atoms with van der Waals surface area (Å²) in [6.07, 6.45) is 2.20. The first-order valence-corrected chi connectivity index (χ1v) is 5.45. The fraction of sp³-hybridized carbons (Fsp3) is 0.417. The molecule has 16 heavy (non-hydrogen) atoms. The Kier molecular flexibility index (Phi) is 2.76. The van der Waals surface area contributed by atoms with Crippen molar-refractivity contribution >= 4 is 19.2 Å². The summed E-state index contributed by atoms with van der Waals surface area (Å²) in [6.45, 7) is 0. The Morgan fingerprint density at radius 2 is 2.00 bits per heavy atom. The molecule has 2 atom stereocenters. The largest absolute Gasteiger partial charge is 0.368 e. The van der Waals surface area contributed by atoms with Crippen molar-refractivity contribution in [2.75, 3.05) is 0 Å². The minimum Gasteiger partial charge on any atom is -0.368 e. The Balaban J connectivity index is 2.15. The summed E-state index contributed by atoms with van der Waals surface area (Å²) in [5, 5.41) is 0. The lowest BCUT2D eigenvalue weighted by Crippen LogP contribution is -2.49. The van der Waals surface area contributed by atoms with Crippen LogP contribution in [0.25, 0.3) is 0 Å². The maximum absolute atomic E-state index is 11.2. The number of hydrogen-bond acceptors (Lipinski definition) is 2. The van der Waals surface area contributed by atoms with Gasteiger partial charge < -0.3 is 11.5 Å². The number of benzene rings is 1. The van der Waals surface area contributed by atoms with Gasteiger partial charge in [-0.2, -0.15) is 0 Å². The van der Waals surface area contributed by atoms with E-state index in [1.807, 2.05) is 24.3 Å². The second-order valence-electron chi connectivity index (χ2n) is 4.63. The van der Waals surface area contributed by atoms with Crippen LogP contribution in [-0.4, -0.2) is 19.3 Å². The van der Waals surface area contributed by atoms with Crippen molar-refractivity contribution in [3.05, 3.63) is 29.8 Å². The Labute approximate surface area is 96.6 Å². The van der Waals surface area contributed by atoms with Gasteiger partial charge in [-0.1, -0.05) is 29.7 Å². The smallest absolute Gasteiger partial charge is 0.237 e. The van der Waals surface area contributed by atoms with Gasteiger partial charge in [-0.05, 0) is 30.7 Å². The number of nitrogens with two attached hydrogens (primary N) is 2. The molecule has 0 aliphatic heterocycles. The highest BCUT2D eigenvalue weighted by Crippen LogP contribution is 2.39. The van der Waals surface area contributed by atoms with Crippen LogP contribution in [0, 0.1) is 0 Å². The van der Waals surface area contributed by atoms with E-state index < -0.39 is 11.4 Å². The maximum Gasteiger partial charge on any atom is 0.237 e. The van der Waals surface area contributed by atoms with Gasteiger partial charge in [0, 0.05) is 0 Å². The van der Waals surface area contributed by atoms with E-state index in [2.05, 4.69) is 0 Å². The second-order valence-corrected chi connectivity index (χ2v) is 4.63. The van der Waals surface area contributed by atoms with Crippen LogP contribution in [0.3, 0.4) is 0 Å². The summed E-state index contributed by atoms with van der Waals surface area (Å²) in [6, 6.07) is 7.73. The number of hydrogen-bond donors (Lipinski definition) is 2. The summed E-state index contributed by atoms with van der Waals surface area (Å²) < 4.78 is 0. The van der Waals surface area contributed by atoms with Crippen LogP contribution in [0.5, 0.6) is 0 Å². The SMILES string of the molecule is [B]c1ccc([C@H]2CC[C@@](N)(C(N)=O)C2)cc1. The van der Waals surface area contributed by atoms with Crippen LogP contribution in [-0.2, 0) is 4.79 Å². The first-order valence-electron chi connectivity index (χ1n) is 5.45. The lowest BCUT2D eigenvalue weighted by atomic mass is 9.89. The predicted octanol–water partition coefficient (Wildman–Crippen LogP) is -0.0693. The zero-order chi connectivity index (χ0) is 11.8. The van der Waals surface area contributed by atoms with Crippen LogP contribution in [0.4, 0.5) is 0 Å². The molecule has 0 aromatic heterocycles. The topological polar surface area (TPSA) is 69.1 Å². The van der Waals surface area contributed by atoms with E-state index in [-0.39, 0.29) is 0 Å². The van der Waals surface area contributed by atoms with Crippen LogP contribution in [0.2, 0.25) is 0 Å². The minimum absolute atomic E-state index is 0.318. The molecular formula is C12H15BN2O. The Hall–Kier alpha value is -1.29. The highest BCUT2D eigenvalue weighted by Gasteiger charge is 2.40. The highest BCUT2D eigenvalue weighted by atomic mass is 16.1. The number of primary amides is 1. The Bertz CT molecular complexity index is 404. The number of amides is 1. The molecule has 4 heteroatoms. The zero-order valence-electron chi connectivity index (χ0n) is 9.15. The van der Waals surface area contributed by atoms with Crippen molar-refractivity contribution < 1.29 is 4.79 Å². The molecule has 1 aromatic carbocycles. The van der Waals surface area contributed by atoms with E-state index in [0.717, 1.165) is 11.9 Å². The summed E-state index contributed by atoms with van der Waals surface area (Å²) in [4.78, 5) is 11.2. The van der Waals surface area contributed by atoms with Crippen molar-refractivity contribution in [2.24, 2.45) is 11.5 Å². The van der Waals surface area contributed by atoms with Crippen molar-refractivity contribution in [1.82, 2.24) is 0 Å². The van der Waals surface area contributed by atoms with Gasteiger partial charge >= 0.3 is 0 Å². The van der Waals surface area contributed by atoms with E-state index in [0.29, 0.717) is 18.8 Å². The second kappa shape index (κ2) is 3.94. The summed E-state index contributed by atoms with van der Waals surface area (Å²) in [5.41, 5.74) is 12.4. The van der Waals surface area contributed by atoms with E-state index in [4.69, 9.17) is 19.3 Å². The molecule has 2 radical (unpaired) electrons. The number of rotatable bonds is 2. The zero-order valence-corrected chi connectivity index (χ0v) is 9.15. The predicted molar refractivity (Wildman–Crippen MR) is 64.5 cm³/mol. The van der Waals surface area contributed by atoms with Crippen molar-refractivity contribution in [3.8, 4) is 0 Å². The molecule has 4 N–H and O–H groups in total. The average molecular weight is 214 g/mol. The molecule has 1 aliphatic carbocycles. The first-order chi connectivity index (χ1) is 7.51. The van der Waals surface area contributed by atoms with Crippen LogP contribution >= 0.6 is 0 Å². The van der Waals surface area contributed by atoms with E-state index >= 15 is 0 Å². The molecule has 0 saturated heterocycles. The van der Waals surface area contributed by atoms with E-state index in [1.165, 1.54) is 5.56 Å². The molecular weight excluding hydrogens is 199 g/mol. The molecule has 0 spiro atoms. The Morgan fingerprint density at radius 3 is 2.50 bits per heavy atom. The van der Waals surface area contributed by atoms with Gasteiger partial charge in [0.05, 0.1) is 5.54 Å². The normalized spacial score (nSPS) is 29.2. The van der Waals surface area contributed by atoms with E-state index in [1.54, 1.807) is 0 Å². The van der Waals surface area contributed by atoms with Gasteiger partial charge in [0.2, 0.25) is 5.91 Å². The molecule has 2 rings (SSSR count). The summed E-state index contributed by atoms with van der Waals surface area (Å²) in [7, 11) is 5.63. The molecule has 82 valence electrons. The summed E-state index contributed by atoms with van der Waals surface area (Å²) in [5.74, 6) is -0.0801. The van der Waals surface area contributed by atoms with Crippen molar-refractivity contribution in [2.45, 2.75) is 30.7 Å². The van der Waals surface area contributed by atoms with Gasteiger partial charge in [-0.25, -0.2) is 0 Å². The lowest BCUT2D eigenvalue weighted by Gasteiger charge is -2.19. The van der Waals surface area contributed by atoms with Gasteiger partial charge in [-0.3, -0.25) is 4.79 Å². The van der Waals surface area contributed by atoms with Crippen molar-refractivity contribution in [1.29, 1.82) is 0 Å². The minimum atomic E-state index is -0.827. The third-order valence-corrected chi connectivity index (χ3v) is 3.45. The third-order valence-electron chi connectivity index (χ3n) is 3.45. The van der Waals surface area contributed by atoms with Gasteiger partial charge in [-0.15, -0.1) is 0 Å². The quantitative estimate of drug-likeness (QED) is 0.676. The fourth-order valence-electron chi connectivity index (χ4n) is 2.35. The van der Waals surface area contributed by atoms with Gasteiger partial charge in [0.15, 0.2) is 0 Å². The lowest BCUT2D eigenvalue weighted by molar-refractivity contribution is -0.122. The molecule has 3 nitrogen and oxygen atoms in total. The average Bonchev–Trinajstić information content (AvgIpc) is 2.63. The number of carbonyl (C=O) groups excluding carboxylic acids is 1. The molecule has 1 aromatic rings. The van der Waals surface area contributed by atoms with Crippen LogP contribution in [0.15, 0.2) is 24.3 Å². The van der Waals surface area contributed by atoms with Crippen LogP contribution < -0.4 is 16.9 Å². The van der Waals surface area contributed by atoms with Gasteiger partial charge in [0.1, 0.15) is 7.85 Å². The Morgan fingerprint density at radius 1 is 1.38 bits per heavy atom. The molecule has 1 fully saturated rings. The van der Waals surface area contributed by atoms with Gasteiger partial charge in [0.25, 0.3) is 0 Å². The van der Waals surface area contributed by atoms with E-state index in [9.17, 15) is 4.79 Å². The molecule has 1 aliphatic rings. The molecule has 0 unspecified atom stereocenters. The molecule has 1 amide bonds. The fourth-order valence-corrected chi connectivity index (χ4v) is 2.35. The maximum atomic E-state index is 11.2. The number of carbonyl (C=O) groups is 1. The highest BCUT2D eigenvalue weighted by molar-refractivity contribution is 6.32. The molecule has 0 heterocycles. The monoisotopic (exact) mass is 214 g/mol. The molecule has 1 saturated carbocycles. The third kappa shape index (κ3) is 1.98. The van der Waals surface area contributed by atoms with Crippen molar-refractivity contribution in [3.63, 3.8) is 0 Å².